The lowest BCUT2D eigenvalue weighted by Crippen LogP contribution is -2.18. The molecule has 0 saturated carbocycles. The van der Waals surface area contributed by atoms with Gasteiger partial charge >= 0.3 is 0 Å². The van der Waals surface area contributed by atoms with E-state index in [1.54, 1.807) is 24.3 Å². The molecule has 0 radical (unpaired) electrons. The highest BCUT2D eigenvalue weighted by Crippen LogP contribution is 2.29. The summed E-state index contributed by atoms with van der Waals surface area (Å²) in [7, 11) is 1.53. The Morgan fingerprint density at radius 3 is 2.69 bits per heavy atom. The second-order valence-electron chi connectivity index (χ2n) is 6.87. The van der Waals surface area contributed by atoms with Crippen LogP contribution in [0.5, 0.6) is 11.5 Å². The summed E-state index contributed by atoms with van der Waals surface area (Å²) in [5, 5.41) is 11.6. The Morgan fingerprint density at radius 2 is 2.00 bits per heavy atom. The first-order valence-electron chi connectivity index (χ1n) is 9.63. The van der Waals surface area contributed by atoms with Crippen LogP contribution in [0.3, 0.4) is 0 Å². The first-order valence-corrected chi connectivity index (χ1v) is 9.63. The van der Waals surface area contributed by atoms with Gasteiger partial charge in [0.05, 0.1) is 7.11 Å². The van der Waals surface area contributed by atoms with E-state index in [9.17, 15) is 4.79 Å². The second-order valence-corrected chi connectivity index (χ2v) is 6.87. The van der Waals surface area contributed by atoms with Crippen LogP contribution >= 0.6 is 0 Å². The average Bonchev–Trinajstić information content (AvgIpc) is 3.27. The molecule has 3 rings (SSSR count). The number of carbonyl (C=O) groups is 1. The Morgan fingerprint density at radius 1 is 1.21 bits per heavy atom. The fraction of sp³-hybridized carbons (Fsp3) is 0.304. The largest absolute Gasteiger partial charge is 0.493 e. The summed E-state index contributed by atoms with van der Waals surface area (Å²) in [6, 6.07) is 13.3. The lowest BCUT2D eigenvalue weighted by Gasteiger charge is -2.19. The summed E-state index contributed by atoms with van der Waals surface area (Å²) in [6.07, 6.45) is 5.66. The molecule has 0 spiro atoms. The van der Waals surface area contributed by atoms with Crippen LogP contribution in [0.15, 0.2) is 42.5 Å². The number of benzene rings is 2. The SMILES string of the molecule is COc1cc(C=CC(=O)Nc2ccc(N3CCCC3)cc2C)ccc1OCC#N. The number of hydrogen-bond acceptors (Lipinski definition) is 5. The molecule has 2 aromatic rings. The van der Waals surface area contributed by atoms with E-state index in [-0.39, 0.29) is 12.5 Å². The number of hydrogen-bond donors (Lipinski definition) is 1. The zero-order valence-corrected chi connectivity index (χ0v) is 16.8. The van der Waals surface area contributed by atoms with E-state index >= 15 is 0 Å². The molecule has 29 heavy (non-hydrogen) atoms. The summed E-state index contributed by atoms with van der Waals surface area (Å²) >= 11 is 0. The van der Waals surface area contributed by atoms with Crippen molar-refractivity contribution in [2.45, 2.75) is 19.8 Å². The number of ether oxygens (including phenoxy) is 2. The first-order chi connectivity index (χ1) is 14.1. The minimum atomic E-state index is -0.203. The molecule has 1 heterocycles. The summed E-state index contributed by atoms with van der Waals surface area (Å²) < 4.78 is 10.6. The highest BCUT2D eigenvalue weighted by atomic mass is 16.5. The Bertz CT molecular complexity index is 941. The molecule has 1 aliphatic heterocycles. The fourth-order valence-electron chi connectivity index (χ4n) is 3.32. The number of nitrogens with one attached hydrogen (secondary N) is 1. The van der Waals surface area contributed by atoms with Gasteiger partial charge in [0.2, 0.25) is 5.91 Å². The predicted octanol–water partition coefficient (Wildman–Crippen LogP) is 4.16. The van der Waals surface area contributed by atoms with E-state index < -0.39 is 0 Å². The molecule has 150 valence electrons. The van der Waals surface area contributed by atoms with Crippen LogP contribution in [0.2, 0.25) is 0 Å². The molecular formula is C23H25N3O3. The van der Waals surface area contributed by atoms with Crippen molar-refractivity contribution >= 4 is 23.4 Å². The minimum Gasteiger partial charge on any atom is -0.493 e. The molecule has 1 N–H and O–H groups in total. The van der Waals surface area contributed by atoms with Crippen LogP contribution in [-0.2, 0) is 4.79 Å². The van der Waals surface area contributed by atoms with Crippen molar-refractivity contribution in [3.8, 4) is 17.6 Å². The predicted molar refractivity (Wildman–Crippen MR) is 114 cm³/mol. The maximum atomic E-state index is 12.3. The lowest BCUT2D eigenvalue weighted by molar-refractivity contribution is -0.111. The summed E-state index contributed by atoms with van der Waals surface area (Å²) in [6.45, 7) is 4.14. The Labute approximate surface area is 171 Å². The molecule has 1 fully saturated rings. The molecule has 1 saturated heterocycles. The minimum absolute atomic E-state index is 0.0517. The monoisotopic (exact) mass is 391 g/mol. The number of amides is 1. The van der Waals surface area contributed by atoms with Crippen LogP contribution in [0.4, 0.5) is 11.4 Å². The van der Waals surface area contributed by atoms with Crippen molar-refractivity contribution in [1.82, 2.24) is 0 Å². The number of carbonyl (C=O) groups excluding carboxylic acids is 1. The summed E-state index contributed by atoms with van der Waals surface area (Å²) in [5.41, 5.74) is 3.85. The Hall–Kier alpha value is -3.46. The molecular weight excluding hydrogens is 366 g/mol. The molecule has 0 atom stereocenters. The van der Waals surface area contributed by atoms with Crippen LogP contribution < -0.4 is 19.7 Å². The Balaban J connectivity index is 1.64. The molecule has 1 aliphatic rings. The maximum absolute atomic E-state index is 12.3. The van der Waals surface area contributed by atoms with Gasteiger partial charge in [0, 0.05) is 30.5 Å². The van der Waals surface area contributed by atoms with Gasteiger partial charge in [-0.3, -0.25) is 4.79 Å². The van der Waals surface area contributed by atoms with Crippen molar-refractivity contribution < 1.29 is 14.3 Å². The van der Waals surface area contributed by atoms with E-state index in [1.807, 2.05) is 19.1 Å². The molecule has 0 aromatic heterocycles. The average molecular weight is 391 g/mol. The molecule has 2 aromatic carbocycles. The highest BCUT2D eigenvalue weighted by molar-refractivity contribution is 6.02. The van der Waals surface area contributed by atoms with Crippen molar-refractivity contribution in [3.05, 3.63) is 53.6 Å². The topological polar surface area (TPSA) is 74.6 Å². The summed E-state index contributed by atoms with van der Waals surface area (Å²) in [5.74, 6) is 0.798. The van der Waals surface area contributed by atoms with Crippen LogP contribution in [0, 0.1) is 18.3 Å². The van der Waals surface area contributed by atoms with Gasteiger partial charge in [-0.15, -0.1) is 0 Å². The molecule has 6 nitrogen and oxygen atoms in total. The van der Waals surface area contributed by atoms with Gasteiger partial charge in [0.25, 0.3) is 0 Å². The van der Waals surface area contributed by atoms with Gasteiger partial charge in [0.15, 0.2) is 18.1 Å². The Kier molecular flexibility index (Phi) is 6.75. The fourth-order valence-corrected chi connectivity index (χ4v) is 3.32. The number of anilines is 2. The van der Waals surface area contributed by atoms with Crippen molar-refractivity contribution in [3.63, 3.8) is 0 Å². The first kappa shape index (κ1) is 20.3. The highest BCUT2D eigenvalue weighted by Gasteiger charge is 2.13. The number of aryl methyl sites for hydroxylation is 1. The number of methoxy groups -OCH3 is 1. The van der Waals surface area contributed by atoms with Gasteiger partial charge < -0.3 is 19.7 Å². The van der Waals surface area contributed by atoms with Gasteiger partial charge in [-0.05, 0) is 67.3 Å². The van der Waals surface area contributed by atoms with Crippen molar-refractivity contribution in [2.75, 3.05) is 37.0 Å². The van der Waals surface area contributed by atoms with E-state index in [2.05, 4.69) is 22.3 Å². The normalized spacial score (nSPS) is 13.3. The standard InChI is InChI=1S/C23H25N3O3/c1-17-15-19(26-12-3-4-13-26)7-8-20(17)25-23(27)10-6-18-5-9-21(29-14-11-24)22(16-18)28-2/h5-10,15-16H,3-4,12-14H2,1-2H3,(H,25,27). The van der Waals surface area contributed by atoms with E-state index in [1.165, 1.54) is 31.7 Å². The van der Waals surface area contributed by atoms with Crippen molar-refractivity contribution in [1.29, 1.82) is 5.26 Å². The third-order valence-electron chi connectivity index (χ3n) is 4.85. The number of rotatable bonds is 7. The third-order valence-corrected chi connectivity index (χ3v) is 4.85. The molecule has 0 unspecified atom stereocenters. The van der Waals surface area contributed by atoms with Crippen molar-refractivity contribution in [2.24, 2.45) is 0 Å². The smallest absolute Gasteiger partial charge is 0.248 e. The van der Waals surface area contributed by atoms with Crippen LogP contribution in [0.1, 0.15) is 24.0 Å². The van der Waals surface area contributed by atoms with Crippen LogP contribution in [-0.4, -0.2) is 32.7 Å². The molecule has 1 amide bonds. The number of nitriles is 1. The van der Waals surface area contributed by atoms with Gasteiger partial charge in [-0.1, -0.05) is 6.07 Å². The molecule has 0 bridgehead atoms. The maximum Gasteiger partial charge on any atom is 0.248 e. The van der Waals surface area contributed by atoms with Gasteiger partial charge in [-0.2, -0.15) is 5.26 Å². The zero-order valence-electron chi connectivity index (χ0n) is 16.8. The third kappa shape index (κ3) is 5.29. The van der Waals surface area contributed by atoms with Gasteiger partial charge in [0.1, 0.15) is 6.07 Å². The quantitative estimate of drug-likeness (QED) is 0.718. The molecule has 6 heteroatoms. The molecule has 0 aliphatic carbocycles. The van der Waals surface area contributed by atoms with Gasteiger partial charge in [-0.25, -0.2) is 0 Å². The second kappa shape index (κ2) is 9.65. The zero-order chi connectivity index (χ0) is 20.6. The van der Waals surface area contributed by atoms with E-state index in [4.69, 9.17) is 14.7 Å². The van der Waals surface area contributed by atoms with E-state index in [0.29, 0.717) is 11.5 Å². The lowest BCUT2D eigenvalue weighted by atomic mass is 10.1. The summed E-state index contributed by atoms with van der Waals surface area (Å²) in [4.78, 5) is 14.7. The number of nitrogens with zero attached hydrogens (tertiary/aromatic N) is 2. The van der Waals surface area contributed by atoms with Crippen LogP contribution in [0.25, 0.3) is 6.08 Å². The van der Waals surface area contributed by atoms with E-state index in [0.717, 1.165) is 29.9 Å².